The molecule has 2 N–H and O–H groups in total. The van der Waals surface area contributed by atoms with Crippen molar-refractivity contribution in [1.82, 2.24) is 19.2 Å². The van der Waals surface area contributed by atoms with E-state index in [-0.39, 0.29) is 13.2 Å². The van der Waals surface area contributed by atoms with Gasteiger partial charge in [-0.1, -0.05) is 21.3 Å². The molecule has 4 aromatic rings. The highest BCUT2D eigenvalue weighted by atomic mass is 79.9. The Morgan fingerprint density at radius 3 is 1.93 bits per heavy atom. The highest BCUT2D eigenvalue weighted by Gasteiger charge is 2.20. The van der Waals surface area contributed by atoms with Gasteiger partial charge in [-0.2, -0.15) is 20.7 Å². The Bertz CT molecular complexity index is 1580. The van der Waals surface area contributed by atoms with Gasteiger partial charge in [0.1, 0.15) is 12.1 Å². The third kappa shape index (κ3) is 9.68. The summed E-state index contributed by atoms with van der Waals surface area (Å²) in [6.45, 7) is 9.06. The predicted molar refractivity (Wildman–Crippen MR) is 168 cm³/mol. The van der Waals surface area contributed by atoms with Gasteiger partial charge in [0.2, 0.25) is 0 Å². The lowest BCUT2D eigenvalue weighted by atomic mass is 10.2. The maximum absolute atomic E-state index is 12.2. The van der Waals surface area contributed by atoms with Crippen LogP contribution < -0.4 is 0 Å². The van der Waals surface area contributed by atoms with Crippen molar-refractivity contribution >= 4 is 65.5 Å². The number of nitriles is 2. The van der Waals surface area contributed by atoms with E-state index >= 15 is 0 Å². The van der Waals surface area contributed by atoms with Crippen LogP contribution >= 0.6 is 43.6 Å². The van der Waals surface area contributed by atoms with Crippen LogP contribution in [0.2, 0.25) is 0 Å². The Morgan fingerprint density at radius 1 is 1.00 bits per heavy atom. The van der Waals surface area contributed by atoms with Crippen molar-refractivity contribution < 1.29 is 15.8 Å². The first-order valence-electron chi connectivity index (χ1n) is 12.2. The molecule has 0 bridgehead atoms. The van der Waals surface area contributed by atoms with Crippen LogP contribution in [0.15, 0.2) is 55.7 Å². The lowest BCUT2D eigenvalue weighted by molar-refractivity contribution is 0.105. The second-order valence-electron chi connectivity index (χ2n) is 9.38. The first kappa shape index (κ1) is 33.9. The minimum Gasteiger partial charge on any atom is -0.390 e. The van der Waals surface area contributed by atoms with Crippen molar-refractivity contribution in [1.29, 1.82) is 10.5 Å². The van der Waals surface area contributed by atoms with Crippen LogP contribution in [-0.4, -0.2) is 56.4 Å². The number of fused-ring (bicyclic) bond motifs is 2. The Kier molecular flexibility index (Phi) is 12.8. The second-order valence-corrected chi connectivity index (χ2v) is 13.6. The van der Waals surface area contributed by atoms with Crippen molar-refractivity contribution in [2.24, 2.45) is 0 Å². The molecule has 9 nitrogen and oxygen atoms in total. The van der Waals surface area contributed by atoms with Gasteiger partial charge in [-0.3, -0.25) is 4.21 Å². The summed E-state index contributed by atoms with van der Waals surface area (Å²) in [5, 5.41) is 45.5. The number of aliphatic hydroxyl groups is 2. The quantitative estimate of drug-likeness (QED) is 0.221. The van der Waals surface area contributed by atoms with Crippen LogP contribution in [0.3, 0.4) is 0 Å². The maximum atomic E-state index is 12.2. The molecular formula is C27H34Br2N6O3S2. The van der Waals surface area contributed by atoms with Crippen LogP contribution in [0.4, 0.5) is 0 Å². The van der Waals surface area contributed by atoms with E-state index in [1.54, 1.807) is 69.4 Å². The van der Waals surface area contributed by atoms with E-state index in [9.17, 15) is 14.4 Å². The van der Waals surface area contributed by atoms with E-state index in [1.807, 2.05) is 18.3 Å². The summed E-state index contributed by atoms with van der Waals surface area (Å²) in [4.78, 5) is 1.54. The minimum atomic E-state index is -1.34. The molecule has 40 heavy (non-hydrogen) atoms. The molecule has 0 aliphatic rings. The third-order valence-corrected chi connectivity index (χ3v) is 8.99. The summed E-state index contributed by atoms with van der Waals surface area (Å²) in [5.74, 6) is 0.731. The third-order valence-electron chi connectivity index (χ3n) is 4.66. The average Bonchev–Trinajstić information content (AvgIpc) is 3.46. The minimum absolute atomic E-state index is 0. The summed E-state index contributed by atoms with van der Waals surface area (Å²) >= 11 is 8.36. The topological polar surface area (TPSA) is 140 Å². The van der Waals surface area contributed by atoms with E-state index in [4.69, 9.17) is 11.9 Å². The summed E-state index contributed by atoms with van der Waals surface area (Å²) in [7, 11) is -1.34. The van der Waals surface area contributed by atoms with Gasteiger partial charge in [0.05, 0.1) is 67.2 Å². The molecule has 0 aliphatic carbocycles. The van der Waals surface area contributed by atoms with Crippen LogP contribution in [0.5, 0.6) is 0 Å². The number of thioether (sulfide) groups is 1. The van der Waals surface area contributed by atoms with Crippen molar-refractivity contribution in [2.45, 2.75) is 69.9 Å². The van der Waals surface area contributed by atoms with Crippen molar-refractivity contribution in [3.05, 3.63) is 57.0 Å². The molecule has 0 saturated carbocycles. The predicted octanol–water partition coefficient (Wildman–Crippen LogP) is 6.34. The van der Waals surface area contributed by atoms with Gasteiger partial charge in [-0.15, -0.1) is 11.8 Å². The van der Waals surface area contributed by atoms with Gasteiger partial charge in [-0.05, 0) is 71.7 Å². The monoisotopic (exact) mass is 713 g/mol. The Balaban J connectivity index is 0.000000367. The van der Waals surface area contributed by atoms with Gasteiger partial charge in [0.15, 0.2) is 0 Å². The summed E-state index contributed by atoms with van der Waals surface area (Å²) in [5.41, 5.74) is 0.687. The molecule has 0 fully saturated rings. The van der Waals surface area contributed by atoms with Crippen molar-refractivity contribution in [3.8, 4) is 12.1 Å². The molecule has 0 amide bonds. The largest absolute Gasteiger partial charge is 0.390 e. The van der Waals surface area contributed by atoms with Gasteiger partial charge in [0.25, 0.3) is 0 Å². The summed E-state index contributed by atoms with van der Waals surface area (Å²) in [6, 6.07) is 7.79. The highest BCUT2D eigenvalue weighted by molar-refractivity contribution is 9.11. The zero-order valence-corrected chi connectivity index (χ0v) is 26.9. The van der Waals surface area contributed by atoms with E-state index in [1.165, 1.54) is 10.7 Å². The fourth-order valence-corrected chi connectivity index (χ4v) is 6.89. The molecule has 0 aliphatic heterocycles. The summed E-state index contributed by atoms with van der Waals surface area (Å²) in [6.07, 6.45) is 6.48. The van der Waals surface area contributed by atoms with E-state index < -0.39 is 22.0 Å². The zero-order valence-electron chi connectivity index (χ0n) is 23.1. The molecule has 1 unspecified atom stereocenters. The van der Waals surface area contributed by atoms with Crippen molar-refractivity contribution in [3.63, 3.8) is 0 Å². The second kappa shape index (κ2) is 15.1. The number of aromatic nitrogens is 4. The number of pyridine rings is 2. The SMILES string of the molecule is C.CC(C)(O)CS(=O)c1cc(Br)c2c(C#N)cnn2c1.CC(C)(O)CSc1cc(Br)c2c(C#N)cnn2c1.[2H]CC. The Morgan fingerprint density at radius 2 is 1.48 bits per heavy atom. The Hall–Kier alpha value is -2.26. The highest BCUT2D eigenvalue weighted by Crippen LogP contribution is 2.29. The first-order chi connectivity index (χ1) is 18.6. The number of halogens is 2. The molecule has 4 aromatic heterocycles. The molecular weight excluding hydrogens is 680 g/mol. The molecule has 13 heteroatoms. The molecule has 0 saturated heterocycles. The average molecular weight is 716 g/mol. The standard InChI is InChI=1S/C12H12BrN3O2S.C12H12BrN3OS.C2H6.CH4/c1-12(2,17)7-19(18)9-3-10(13)11-8(4-14)5-15-16(11)6-9;1-12(2,17)7-18-9-3-10(13)11-8(4-14)5-15-16(11)6-9;1-2;/h3,5-6,17H,7H2,1-2H3;3,5-6,17H,7H2,1-2H3;1-2H3;1H4/i;;1D;. The van der Waals surface area contributed by atoms with Gasteiger partial charge in [-0.25, -0.2) is 9.03 Å². The number of hydrogen-bond donors (Lipinski definition) is 2. The molecule has 0 aromatic carbocycles. The molecule has 1 atom stereocenters. The maximum Gasteiger partial charge on any atom is 0.103 e. The number of rotatable bonds is 6. The Labute approximate surface area is 260 Å². The molecule has 0 radical (unpaired) electrons. The van der Waals surface area contributed by atoms with Crippen molar-refractivity contribution in [2.75, 3.05) is 11.5 Å². The normalized spacial score (nSPS) is 12.1. The van der Waals surface area contributed by atoms with E-state index in [0.717, 1.165) is 14.9 Å². The van der Waals surface area contributed by atoms with Gasteiger partial charge < -0.3 is 10.2 Å². The van der Waals surface area contributed by atoms with Crippen LogP contribution in [0.25, 0.3) is 11.0 Å². The lowest BCUT2D eigenvalue weighted by Crippen LogP contribution is -2.27. The number of nitrogens with zero attached hydrogens (tertiary/aromatic N) is 6. The van der Waals surface area contributed by atoms with Crippen LogP contribution in [0, 0.1) is 22.7 Å². The number of hydrogen-bond acceptors (Lipinski definition) is 8. The van der Waals surface area contributed by atoms with Crippen LogP contribution in [-0.2, 0) is 10.8 Å². The molecule has 4 rings (SSSR count). The fourth-order valence-electron chi connectivity index (χ4n) is 3.13. The zero-order chi connectivity index (χ0) is 30.3. The van der Waals surface area contributed by atoms with E-state index in [2.05, 4.69) is 48.1 Å². The van der Waals surface area contributed by atoms with Gasteiger partial charge in [0, 0.05) is 33.4 Å². The van der Waals surface area contributed by atoms with Gasteiger partial charge >= 0.3 is 0 Å². The lowest BCUT2D eigenvalue weighted by Gasteiger charge is -2.16. The summed E-state index contributed by atoms with van der Waals surface area (Å²) < 4.78 is 23.0. The molecule has 0 spiro atoms. The molecule has 4 heterocycles. The van der Waals surface area contributed by atoms with E-state index in [0.29, 0.717) is 38.7 Å². The molecule has 216 valence electrons. The van der Waals surface area contributed by atoms with Crippen LogP contribution in [0.1, 0.15) is 61.4 Å². The smallest absolute Gasteiger partial charge is 0.103 e. The first-order valence-corrected chi connectivity index (χ1v) is 15.4. The fraction of sp³-hybridized carbons (Fsp3) is 0.407.